The van der Waals surface area contributed by atoms with E-state index in [1.807, 2.05) is 0 Å². The Labute approximate surface area is 111 Å². The summed E-state index contributed by atoms with van der Waals surface area (Å²) in [5.41, 5.74) is 0.330. The summed E-state index contributed by atoms with van der Waals surface area (Å²) in [4.78, 5) is 26.7. The van der Waals surface area contributed by atoms with Gasteiger partial charge in [0.2, 0.25) is 5.88 Å². The minimum atomic E-state index is -0.311. The molecule has 19 heavy (non-hydrogen) atoms. The highest BCUT2D eigenvalue weighted by Crippen LogP contribution is 2.07. The molecule has 1 heterocycles. The number of pyridine rings is 1. The van der Waals surface area contributed by atoms with Gasteiger partial charge in [-0.25, -0.2) is 4.98 Å². The van der Waals surface area contributed by atoms with Crippen LogP contribution in [0.1, 0.15) is 30.6 Å². The lowest BCUT2D eigenvalue weighted by atomic mass is 10.1. The second-order valence-electron chi connectivity index (χ2n) is 4.10. The van der Waals surface area contributed by atoms with Crippen molar-refractivity contribution in [2.24, 2.45) is 5.92 Å². The number of nitrogens with zero attached hydrogens (tertiary/aromatic N) is 1. The Morgan fingerprint density at radius 2 is 2.26 bits per heavy atom. The van der Waals surface area contributed by atoms with Crippen molar-refractivity contribution < 1.29 is 19.4 Å². The Kier molecular flexibility index (Phi) is 5.78. The fourth-order valence-electron chi connectivity index (χ4n) is 1.47. The lowest BCUT2D eigenvalue weighted by molar-refractivity contribution is -0.147. The van der Waals surface area contributed by atoms with Crippen molar-refractivity contribution in [3.8, 4) is 5.88 Å². The van der Waals surface area contributed by atoms with Crippen molar-refractivity contribution in [2.75, 3.05) is 13.2 Å². The van der Waals surface area contributed by atoms with Crippen molar-refractivity contribution in [3.05, 3.63) is 23.9 Å². The maximum Gasteiger partial charge on any atom is 0.308 e. The first-order chi connectivity index (χ1) is 9.04. The Morgan fingerprint density at radius 1 is 1.53 bits per heavy atom. The minimum Gasteiger partial charge on any atom is -0.493 e. The molecule has 0 aromatic carbocycles. The number of rotatable bonds is 6. The average molecular weight is 266 g/mol. The van der Waals surface area contributed by atoms with E-state index in [2.05, 4.69) is 10.3 Å². The second kappa shape index (κ2) is 7.35. The van der Waals surface area contributed by atoms with E-state index in [9.17, 15) is 9.59 Å². The van der Waals surface area contributed by atoms with E-state index < -0.39 is 0 Å². The molecule has 1 rings (SSSR count). The quantitative estimate of drug-likeness (QED) is 0.753. The largest absolute Gasteiger partial charge is 0.493 e. The van der Waals surface area contributed by atoms with Crippen LogP contribution in [-0.2, 0) is 9.53 Å². The van der Waals surface area contributed by atoms with Crippen LogP contribution in [0, 0.1) is 5.92 Å². The fraction of sp³-hybridized carbons (Fsp3) is 0.462. The van der Waals surface area contributed by atoms with Crippen LogP contribution in [-0.4, -0.2) is 35.1 Å². The van der Waals surface area contributed by atoms with Crippen LogP contribution in [0.4, 0.5) is 0 Å². The van der Waals surface area contributed by atoms with Crippen LogP contribution in [0.3, 0.4) is 0 Å². The molecule has 104 valence electrons. The van der Waals surface area contributed by atoms with Gasteiger partial charge < -0.3 is 15.2 Å². The normalized spacial score (nSPS) is 11.7. The lowest BCUT2D eigenvalue weighted by Gasteiger charge is -2.11. The molecule has 1 amide bonds. The number of aromatic hydroxyl groups is 1. The van der Waals surface area contributed by atoms with Crippen molar-refractivity contribution >= 4 is 11.9 Å². The van der Waals surface area contributed by atoms with Crippen LogP contribution in [0.5, 0.6) is 5.88 Å². The van der Waals surface area contributed by atoms with E-state index in [1.54, 1.807) is 13.8 Å². The third-order valence-electron chi connectivity index (χ3n) is 2.56. The molecule has 0 spiro atoms. The van der Waals surface area contributed by atoms with Crippen molar-refractivity contribution in [1.29, 1.82) is 0 Å². The molecule has 0 radical (unpaired) electrons. The number of carbonyl (C=O) groups is 2. The molecule has 6 heteroatoms. The lowest BCUT2D eigenvalue weighted by Crippen LogP contribution is -2.27. The smallest absolute Gasteiger partial charge is 0.308 e. The zero-order valence-corrected chi connectivity index (χ0v) is 11.0. The van der Waals surface area contributed by atoms with Crippen LogP contribution in [0.15, 0.2) is 18.3 Å². The molecule has 6 nitrogen and oxygen atoms in total. The van der Waals surface area contributed by atoms with Gasteiger partial charge in [-0.15, -0.1) is 0 Å². The molecule has 1 aromatic heterocycles. The van der Waals surface area contributed by atoms with E-state index in [0.717, 1.165) is 0 Å². The zero-order chi connectivity index (χ0) is 14.3. The Balaban J connectivity index is 2.37. The summed E-state index contributed by atoms with van der Waals surface area (Å²) in [6, 6.07) is 2.79. The predicted molar refractivity (Wildman–Crippen MR) is 68.6 cm³/mol. The zero-order valence-electron chi connectivity index (χ0n) is 11.0. The Hall–Kier alpha value is -2.11. The van der Waals surface area contributed by atoms with Crippen LogP contribution in [0.2, 0.25) is 0 Å². The summed E-state index contributed by atoms with van der Waals surface area (Å²) in [5, 5.41) is 11.8. The average Bonchev–Trinajstić information content (AvgIpc) is 2.38. The molecule has 0 fully saturated rings. The number of hydrogen-bond acceptors (Lipinski definition) is 5. The maximum atomic E-state index is 11.7. The number of esters is 1. The van der Waals surface area contributed by atoms with Crippen molar-refractivity contribution in [2.45, 2.75) is 20.3 Å². The molecule has 0 saturated carbocycles. The molecule has 0 bridgehead atoms. The maximum absolute atomic E-state index is 11.7. The Morgan fingerprint density at radius 3 is 2.89 bits per heavy atom. The number of ether oxygens (including phenoxy) is 1. The predicted octanol–water partition coefficient (Wildman–Crippen LogP) is 1.11. The monoisotopic (exact) mass is 266 g/mol. The van der Waals surface area contributed by atoms with Gasteiger partial charge in [0.1, 0.15) is 0 Å². The van der Waals surface area contributed by atoms with Gasteiger partial charge >= 0.3 is 5.97 Å². The first kappa shape index (κ1) is 14.9. The molecule has 1 aromatic rings. The summed E-state index contributed by atoms with van der Waals surface area (Å²) in [6.07, 6.45) is 1.85. The van der Waals surface area contributed by atoms with Crippen LogP contribution < -0.4 is 5.32 Å². The summed E-state index contributed by atoms with van der Waals surface area (Å²) in [6.45, 7) is 4.22. The minimum absolute atomic E-state index is 0.201. The number of amides is 1. The van der Waals surface area contributed by atoms with Gasteiger partial charge in [0.25, 0.3) is 5.91 Å². The molecule has 0 unspecified atom stereocenters. The SMILES string of the molecule is CCOC(=O)[C@H](C)CCNC(=O)c1ccnc(O)c1. The molecule has 0 saturated heterocycles. The third-order valence-corrected chi connectivity index (χ3v) is 2.56. The first-order valence-electron chi connectivity index (χ1n) is 6.14. The highest BCUT2D eigenvalue weighted by molar-refractivity contribution is 5.94. The van der Waals surface area contributed by atoms with Gasteiger partial charge in [-0.2, -0.15) is 0 Å². The summed E-state index contributed by atoms with van der Waals surface area (Å²) in [7, 11) is 0. The third kappa shape index (κ3) is 4.95. The summed E-state index contributed by atoms with van der Waals surface area (Å²) < 4.78 is 4.87. The topological polar surface area (TPSA) is 88.5 Å². The summed E-state index contributed by atoms with van der Waals surface area (Å²) in [5.74, 6) is -1.04. The number of nitrogens with one attached hydrogen (secondary N) is 1. The van der Waals surface area contributed by atoms with E-state index >= 15 is 0 Å². The first-order valence-corrected chi connectivity index (χ1v) is 6.14. The molecule has 0 aliphatic rings. The van der Waals surface area contributed by atoms with Gasteiger partial charge in [0.15, 0.2) is 0 Å². The number of aromatic nitrogens is 1. The number of hydrogen-bond donors (Lipinski definition) is 2. The highest BCUT2D eigenvalue weighted by Gasteiger charge is 2.14. The molecular weight excluding hydrogens is 248 g/mol. The van der Waals surface area contributed by atoms with E-state index in [-0.39, 0.29) is 23.7 Å². The molecule has 0 aliphatic carbocycles. The number of carbonyl (C=O) groups excluding carboxylic acids is 2. The highest BCUT2D eigenvalue weighted by atomic mass is 16.5. The fourth-order valence-corrected chi connectivity index (χ4v) is 1.47. The standard InChI is InChI=1S/C13H18N2O4/c1-3-19-13(18)9(2)4-6-15-12(17)10-5-7-14-11(16)8-10/h5,7-9H,3-4,6H2,1-2H3,(H,14,16)(H,15,17)/t9-/m1/s1. The second-order valence-corrected chi connectivity index (χ2v) is 4.10. The molecular formula is C13H18N2O4. The molecule has 2 N–H and O–H groups in total. The van der Waals surface area contributed by atoms with Gasteiger partial charge in [0, 0.05) is 24.4 Å². The van der Waals surface area contributed by atoms with Gasteiger partial charge in [-0.05, 0) is 19.4 Å². The van der Waals surface area contributed by atoms with Gasteiger partial charge in [-0.1, -0.05) is 6.92 Å². The Bertz CT molecular complexity index is 448. The molecule has 0 aliphatic heterocycles. The molecule has 1 atom stereocenters. The summed E-state index contributed by atoms with van der Waals surface area (Å²) >= 11 is 0. The van der Waals surface area contributed by atoms with E-state index in [0.29, 0.717) is 25.1 Å². The van der Waals surface area contributed by atoms with E-state index in [1.165, 1.54) is 18.3 Å². The van der Waals surface area contributed by atoms with Gasteiger partial charge in [-0.3, -0.25) is 9.59 Å². The van der Waals surface area contributed by atoms with E-state index in [4.69, 9.17) is 9.84 Å². The van der Waals surface area contributed by atoms with Crippen molar-refractivity contribution in [3.63, 3.8) is 0 Å². The van der Waals surface area contributed by atoms with Crippen molar-refractivity contribution in [1.82, 2.24) is 10.3 Å². The van der Waals surface area contributed by atoms with Crippen LogP contribution in [0.25, 0.3) is 0 Å². The van der Waals surface area contributed by atoms with Gasteiger partial charge in [0.05, 0.1) is 12.5 Å². The van der Waals surface area contributed by atoms with Crippen LogP contribution >= 0.6 is 0 Å².